The second kappa shape index (κ2) is 11.0. The molecule has 0 aromatic heterocycles. The number of anilines is 1. The van der Waals surface area contributed by atoms with Crippen LogP contribution >= 0.6 is 12.4 Å². The Hall–Kier alpha value is -1.59. The Balaban J connectivity index is 0.00000484. The molecule has 5 nitrogen and oxygen atoms in total. The van der Waals surface area contributed by atoms with E-state index in [2.05, 4.69) is 5.32 Å². The van der Waals surface area contributed by atoms with E-state index in [1.807, 2.05) is 44.2 Å². The fourth-order valence-corrected chi connectivity index (χ4v) is 2.29. The van der Waals surface area contributed by atoms with Gasteiger partial charge in [-0.25, -0.2) is 0 Å². The molecule has 0 heterocycles. The summed E-state index contributed by atoms with van der Waals surface area (Å²) < 4.78 is 0. The molecule has 0 radical (unpaired) electrons. The third-order valence-electron chi connectivity index (χ3n) is 3.55. The van der Waals surface area contributed by atoms with Crippen LogP contribution in [0.3, 0.4) is 0 Å². The topological polar surface area (TPSA) is 75.4 Å². The molecular weight excluding hydrogens is 314 g/mol. The predicted molar refractivity (Wildman–Crippen MR) is 96.7 cm³/mol. The molecule has 0 bridgehead atoms. The van der Waals surface area contributed by atoms with Gasteiger partial charge in [0.2, 0.25) is 11.8 Å². The number of amides is 2. The number of benzene rings is 1. The van der Waals surface area contributed by atoms with E-state index < -0.39 is 12.1 Å². The van der Waals surface area contributed by atoms with Crippen LogP contribution in [0.4, 0.5) is 5.69 Å². The third kappa shape index (κ3) is 6.59. The van der Waals surface area contributed by atoms with Crippen molar-refractivity contribution >= 4 is 29.9 Å². The Bertz CT molecular complexity index is 482. The van der Waals surface area contributed by atoms with E-state index in [4.69, 9.17) is 5.73 Å². The van der Waals surface area contributed by atoms with Crippen LogP contribution in [0.5, 0.6) is 0 Å². The van der Waals surface area contributed by atoms with Gasteiger partial charge in [0.15, 0.2) is 0 Å². The molecule has 2 unspecified atom stereocenters. The summed E-state index contributed by atoms with van der Waals surface area (Å²) in [6.45, 7) is 6.24. The second-order valence-corrected chi connectivity index (χ2v) is 5.46. The molecule has 1 rings (SSSR count). The average molecular weight is 342 g/mol. The zero-order valence-electron chi connectivity index (χ0n) is 14.1. The molecule has 1 aromatic carbocycles. The van der Waals surface area contributed by atoms with Crippen LogP contribution in [0, 0.1) is 0 Å². The SMILES string of the molecule is CCCC(N)C(=O)N(CCC)C(C)C(=O)Nc1ccccc1.Cl. The Kier molecular flexibility index (Phi) is 10.3. The van der Waals surface area contributed by atoms with Gasteiger partial charge >= 0.3 is 0 Å². The predicted octanol–water partition coefficient (Wildman–Crippen LogP) is 2.80. The van der Waals surface area contributed by atoms with Crippen molar-refractivity contribution in [3.63, 3.8) is 0 Å². The Morgan fingerprint density at radius 3 is 2.30 bits per heavy atom. The number of hydrogen-bond donors (Lipinski definition) is 2. The van der Waals surface area contributed by atoms with E-state index >= 15 is 0 Å². The largest absolute Gasteiger partial charge is 0.330 e. The van der Waals surface area contributed by atoms with Gasteiger partial charge in [-0.15, -0.1) is 12.4 Å². The number of hydrogen-bond acceptors (Lipinski definition) is 3. The maximum Gasteiger partial charge on any atom is 0.246 e. The summed E-state index contributed by atoms with van der Waals surface area (Å²) in [5.41, 5.74) is 6.65. The molecular formula is C17H28ClN3O2. The smallest absolute Gasteiger partial charge is 0.246 e. The van der Waals surface area contributed by atoms with Crippen LogP contribution in [0.1, 0.15) is 40.0 Å². The summed E-state index contributed by atoms with van der Waals surface area (Å²) in [6.07, 6.45) is 2.26. The molecule has 130 valence electrons. The summed E-state index contributed by atoms with van der Waals surface area (Å²) in [6, 6.07) is 8.15. The van der Waals surface area contributed by atoms with Crippen LogP contribution in [-0.2, 0) is 9.59 Å². The molecule has 2 atom stereocenters. The quantitative estimate of drug-likeness (QED) is 0.763. The number of para-hydroxylation sites is 1. The molecule has 3 N–H and O–H groups in total. The van der Waals surface area contributed by atoms with Crippen molar-refractivity contribution in [2.45, 2.75) is 52.1 Å². The molecule has 0 aliphatic carbocycles. The first-order chi connectivity index (χ1) is 10.5. The molecule has 0 aliphatic rings. The Morgan fingerprint density at radius 1 is 1.17 bits per heavy atom. The molecule has 0 spiro atoms. The molecule has 0 saturated heterocycles. The zero-order chi connectivity index (χ0) is 16.5. The maximum atomic E-state index is 12.4. The molecule has 0 aliphatic heterocycles. The van der Waals surface area contributed by atoms with Gasteiger partial charge in [0, 0.05) is 12.2 Å². The Labute approximate surface area is 145 Å². The van der Waals surface area contributed by atoms with Gasteiger partial charge in [-0.1, -0.05) is 38.5 Å². The number of nitrogens with zero attached hydrogens (tertiary/aromatic N) is 1. The van der Waals surface area contributed by atoms with E-state index in [-0.39, 0.29) is 24.2 Å². The number of rotatable bonds is 8. The first-order valence-electron chi connectivity index (χ1n) is 7.93. The molecule has 23 heavy (non-hydrogen) atoms. The highest BCUT2D eigenvalue weighted by molar-refractivity contribution is 5.97. The van der Waals surface area contributed by atoms with E-state index in [1.165, 1.54) is 0 Å². The van der Waals surface area contributed by atoms with Gasteiger partial charge in [0.25, 0.3) is 0 Å². The molecule has 1 aromatic rings. The monoisotopic (exact) mass is 341 g/mol. The van der Waals surface area contributed by atoms with Crippen LogP contribution in [-0.4, -0.2) is 35.3 Å². The number of nitrogens with two attached hydrogens (primary N) is 1. The number of carbonyl (C=O) groups excluding carboxylic acids is 2. The summed E-state index contributed by atoms with van der Waals surface area (Å²) >= 11 is 0. The Morgan fingerprint density at radius 2 is 1.78 bits per heavy atom. The minimum absolute atomic E-state index is 0. The average Bonchev–Trinajstić information content (AvgIpc) is 2.52. The van der Waals surface area contributed by atoms with Crippen LogP contribution < -0.4 is 11.1 Å². The minimum atomic E-state index is -0.546. The highest BCUT2D eigenvalue weighted by Crippen LogP contribution is 2.11. The van der Waals surface area contributed by atoms with Crippen molar-refractivity contribution in [2.24, 2.45) is 5.73 Å². The standard InChI is InChI=1S/C17H27N3O2.ClH/c1-4-9-15(18)17(22)20(12-5-2)13(3)16(21)19-14-10-7-6-8-11-14;/h6-8,10-11,13,15H,4-5,9,12,18H2,1-3H3,(H,19,21);1H. The van der Waals surface area contributed by atoms with Crippen LogP contribution in [0.2, 0.25) is 0 Å². The van der Waals surface area contributed by atoms with E-state index in [9.17, 15) is 9.59 Å². The van der Waals surface area contributed by atoms with Gasteiger partial charge in [-0.2, -0.15) is 0 Å². The molecule has 0 saturated carbocycles. The molecule has 0 fully saturated rings. The maximum absolute atomic E-state index is 12.4. The fourth-order valence-electron chi connectivity index (χ4n) is 2.29. The normalized spacial score (nSPS) is 12.7. The van der Waals surface area contributed by atoms with Crippen LogP contribution in [0.15, 0.2) is 30.3 Å². The summed E-state index contributed by atoms with van der Waals surface area (Å²) in [4.78, 5) is 26.4. The first-order valence-corrected chi connectivity index (χ1v) is 7.93. The lowest BCUT2D eigenvalue weighted by molar-refractivity contribution is -0.139. The highest BCUT2D eigenvalue weighted by Gasteiger charge is 2.28. The summed E-state index contributed by atoms with van der Waals surface area (Å²) in [5.74, 6) is -0.351. The lowest BCUT2D eigenvalue weighted by atomic mass is 10.1. The zero-order valence-corrected chi connectivity index (χ0v) is 14.9. The van der Waals surface area contributed by atoms with Crippen molar-refractivity contribution in [3.8, 4) is 0 Å². The minimum Gasteiger partial charge on any atom is -0.330 e. The van der Waals surface area contributed by atoms with Crippen molar-refractivity contribution in [3.05, 3.63) is 30.3 Å². The fraction of sp³-hybridized carbons (Fsp3) is 0.529. The van der Waals surface area contributed by atoms with Gasteiger partial charge in [-0.3, -0.25) is 9.59 Å². The number of nitrogens with one attached hydrogen (secondary N) is 1. The number of halogens is 1. The molecule has 6 heteroatoms. The third-order valence-corrected chi connectivity index (χ3v) is 3.55. The van der Waals surface area contributed by atoms with Crippen molar-refractivity contribution in [1.82, 2.24) is 4.90 Å². The van der Waals surface area contributed by atoms with E-state index in [1.54, 1.807) is 11.8 Å². The van der Waals surface area contributed by atoms with Gasteiger partial charge in [-0.05, 0) is 31.9 Å². The van der Waals surface area contributed by atoms with Gasteiger partial charge in [0.1, 0.15) is 6.04 Å². The van der Waals surface area contributed by atoms with E-state index in [0.29, 0.717) is 13.0 Å². The lowest BCUT2D eigenvalue weighted by Crippen LogP contribution is -2.51. The van der Waals surface area contributed by atoms with Crippen molar-refractivity contribution in [2.75, 3.05) is 11.9 Å². The van der Waals surface area contributed by atoms with Crippen LogP contribution in [0.25, 0.3) is 0 Å². The van der Waals surface area contributed by atoms with E-state index in [0.717, 1.165) is 18.5 Å². The summed E-state index contributed by atoms with van der Waals surface area (Å²) in [7, 11) is 0. The van der Waals surface area contributed by atoms with Crippen molar-refractivity contribution < 1.29 is 9.59 Å². The van der Waals surface area contributed by atoms with Gasteiger partial charge < -0.3 is 16.0 Å². The van der Waals surface area contributed by atoms with Gasteiger partial charge in [0.05, 0.1) is 6.04 Å². The highest BCUT2D eigenvalue weighted by atomic mass is 35.5. The lowest BCUT2D eigenvalue weighted by Gasteiger charge is -2.30. The summed E-state index contributed by atoms with van der Waals surface area (Å²) in [5, 5.41) is 2.83. The van der Waals surface area contributed by atoms with Crippen molar-refractivity contribution in [1.29, 1.82) is 0 Å². The second-order valence-electron chi connectivity index (χ2n) is 5.46. The molecule has 2 amide bonds. The number of carbonyl (C=O) groups is 2. The first kappa shape index (κ1) is 21.4.